The number of hydrogen-bond acceptors (Lipinski definition) is 9. The monoisotopic (exact) mass is 620 g/mol. The fourth-order valence-corrected chi connectivity index (χ4v) is 9.68. The fraction of sp³-hybridized carbons (Fsp3) is 0.640. The largest absolute Gasteiger partial charge is 0.444 e. The molecular formula is C25H40N4O6S4. The van der Waals surface area contributed by atoms with Crippen LogP contribution < -0.4 is 11.1 Å². The number of amides is 1. The number of anilines is 2. The lowest BCUT2D eigenvalue weighted by atomic mass is 10.2. The number of thiophene rings is 2. The smallest absolute Gasteiger partial charge is 0.412 e. The first kappa shape index (κ1) is 31.8. The van der Waals surface area contributed by atoms with Gasteiger partial charge in [0.25, 0.3) is 20.0 Å². The van der Waals surface area contributed by atoms with E-state index >= 15 is 0 Å². The minimum atomic E-state index is -3.52. The first-order valence-electron chi connectivity index (χ1n) is 12.8. The van der Waals surface area contributed by atoms with Crippen LogP contribution >= 0.6 is 22.7 Å². The lowest BCUT2D eigenvalue weighted by Crippen LogP contribution is -2.28. The Balaban J connectivity index is 0.000000230. The molecule has 2 aliphatic carbocycles. The molecule has 0 spiro atoms. The van der Waals surface area contributed by atoms with Crippen LogP contribution in [0.1, 0.15) is 57.6 Å². The van der Waals surface area contributed by atoms with E-state index in [0.29, 0.717) is 44.7 Å². The van der Waals surface area contributed by atoms with E-state index in [-0.39, 0.29) is 4.21 Å². The highest BCUT2D eigenvalue weighted by Gasteiger charge is 2.32. The number of nitrogens with one attached hydrogen (secondary N) is 1. The summed E-state index contributed by atoms with van der Waals surface area (Å²) in [7, 11) is -3.60. The van der Waals surface area contributed by atoms with Crippen LogP contribution in [0.25, 0.3) is 0 Å². The highest BCUT2D eigenvalue weighted by Crippen LogP contribution is 2.36. The van der Waals surface area contributed by atoms with E-state index in [2.05, 4.69) is 5.32 Å². The molecule has 2 heterocycles. The summed E-state index contributed by atoms with van der Waals surface area (Å²) in [5.41, 5.74) is 6.39. The third-order valence-electron chi connectivity index (χ3n) is 6.10. The lowest BCUT2D eigenvalue weighted by molar-refractivity contribution is 0.0636. The molecule has 10 nitrogen and oxygen atoms in total. The molecule has 14 heteroatoms. The molecule has 39 heavy (non-hydrogen) atoms. The van der Waals surface area contributed by atoms with Crippen LogP contribution in [0.2, 0.25) is 0 Å². The number of nitrogens with zero attached hydrogens (tertiary/aromatic N) is 2. The number of nitrogen functional groups attached to an aromatic ring is 1. The molecule has 0 saturated heterocycles. The molecule has 2 aromatic rings. The Kier molecular flexibility index (Phi) is 9.81. The first-order valence-corrected chi connectivity index (χ1v) is 17.3. The number of nitrogens with two attached hydrogens (primary N) is 1. The number of carbonyl (C=O) groups is 1. The third kappa shape index (κ3) is 8.89. The molecule has 220 valence electrons. The summed E-state index contributed by atoms with van der Waals surface area (Å²) >= 11 is 2.20. The van der Waals surface area contributed by atoms with Crippen molar-refractivity contribution in [1.82, 2.24) is 8.61 Å². The van der Waals surface area contributed by atoms with Gasteiger partial charge in [0.15, 0.2) is 0 Å². The summed E-state index contributed by atoms with van der Waals surface area (Å²) in [5.74, 6) is 1.03. The van der Waals surface area contributed by atoms with Crippen LogP contribution in [-0.2, 0) is 24.8 Å². The van der Waals surface area contributed by atoms with Crippen molar-refractivity contribution >= 4 is 58.8 Å². The normalized spacial score (nSPS) is 16.2. The van der Waals surface area contributed by atoms with Gasteiger partial charge in [0.2, 0.25) is 0 Å². The van der Waals surface area contributed by atoms with Crippen LogP contribution in [0, 0.1) is 25.7 Å². The molecule has 2 aromatic heterocycles. The number of rotatable bonds is 9. The number of aryl methyl sites for hydroxylation is 2. The predicted molar refractivity (Wildman–Crippen MR) is 157 cm³/mol. The Hall–Kier alpha value is -1.71. The summed E-state index contributed by atoms with van der Waals surface area (Å²) in [6.07, 6.45) is 3.88. The average molecular weight is 621 g/mol. The minimum absolute atomic E-state index is 0.270. The predicted octanol–water partition coefficient (Wildman–Crippen LogP) is 5.10. The van der Waals surface area contributed by atoms with Crippen molar-refractivity contribution in [2.45, 2.75) is 74.3 Å². The highest BCUT2D eigenvalue weighted by molar-refractivity contribution is 7.91. The maximum absolute atomic E-state index is 12.6. The molecule has 1 amide bonds. The second-order valence-corrected chi connectivity index (χ2v) is 17.9. The number of ether oxygens (including phenoxy) is 1. The molecule has 0 aromatic carbocycles. The Bertz CT molecular complexity index is 1380. The van der Waals surface area contributed by atoms with Crippen molar-refractivity contribution in [3.63, 3.8) is 0 Å². The van der Waals surface area contributed by atoms with Gasteiger partial charge in [-0.15, -0.1) is 22.7 Å². The van der Waals surface area contributed by atoms with Crippen molar-refractivity contribution in [1.29, 1.82) is 0 Å². The van der Waals surface area contributed by atoms with Gasteiger partial charge in [0.1, 0.15) is 14.0 Å². The van der Waals surface area contributed by atoms with E-state index < -0.39 is 31.7 Å². The third-order valence-corrected chi connectivity index (χ3v) is 13.2. The summed E-state index contributed by atoms with van der Waals surface area (Å²) < 4.78 is 58.4. The fourth-order valence-electron chi connectivity index (χ4n) is 3.74. The van der Waals surface area contributed by atoms with Crippen LogP contribution in [0.3, 0.4) is 0 Å². The van der Waals surface area contributed by atoms with Gasteiger partial charge in [0.05, 0.1) is 10.0 Å². The summed E-state index contributed by atoms with van der Waals surface area (Å²) in [6, 6.07) is 3.37. The molecule has 2 aliphatic rings. The number of sulfonamides is 2. The van der Waals surface area contributed by atoms with Crippen LogP contribution in [0.4, 0.5) is 14.8 Å². The molecule has 2 saturated carbocycles. The second kappa shape index (κ2) is 12.0. The molecule has 0 radical (unpaired) electrons. The molecular weight excluding hydrogens is 581 g/mol. The summed E-state index contributed by atoms with van der Waals surface area (Å²) in [5, 5.41) is 3.62. The van der Waals surface area contributed by atoms with Gasteiger partial charge in [-0.1, -0.05) is 0 Å². The topological polar surface area (TPSA) is 139 Å². The standard InChI is InChI=1S/C15H24N2O4S2.C10H16N2O2S2/c1-10-8-12(16-14(18)21-15(2,3)4)22-13(10)23(19,20)17(5)9-11-6-7-11;1-7-5-9(11)15-10(7)16(13,14)12(2)6-8-3-4-8/h8,11H,6-7,9H2,1-5H3,(H,16,18);5,8H,3-4,6,11H2,1-2H3. The van der Waals surface area contributed by atoms with Crippen molar-refractivity contribution < 1.29 is 26.4 Å². The second-order valence-electron chi connectivity index (χ2n) is 11.3. The molecule has 0 atom stereocenters. The van der Waals surface area contributed by atoms with Gasteiger partial charge >= 0.3 is 6.09 Å². The van der Waals surface area contributed by atoms with Gasteiger partial charge in [-0.05, 0) is 95.4 Å². The van der Waals surface area contributed by atoms with Gasteiger partial charge in [0, 0.05) is 27.2 Å². The molecule has 0 bridgehead atoms. The number of carbonyl (C=O) groups excluding carboxylic acids is 1. The van der Waals surface area contributed by atoms with Crippen molar-refractivity contribution in [3.8, 4) is 0 Å². The van der Waals surface area contributed by atoms with Crippen LogP contribution in [0.15, 0.2) is 20.6 Å². The first-order chi connectivity index (χ1) is 17.9. The Morgan fingerprint density at radius 3 is 1.74 bits per heavy atom. The zero-order chi connectivity index (χ0) is 29.3. The zero-order valence-electron chi connectivity index (χ0n) is 23.6. The molecule has 4 rings (SSSR count). The average Bonchev–Trinajstić information content (AvgIpc) is 3.70. The molecule has 3 N–H and O–H groups in total. The van der Waals surface area contributed by atoms with E-state index in [1.807, 2.05) is 0 Å². The Morgan fingerprint density at radius 2 is 1.36 bits per heavy atom. The Labute approximate surface area is 240 Å². The molecule has 0 aliphatic heterocycles. The van der Waals surface area contributed by atoms with Gasteiger partial charge < -0.3 is 10.5 Å². The van der Waals surface area contributed by atoms with E-state index in [0.717, 1.165) is 53.9 Å². The summed E-state index contributed by atoms with van der Waals surface area (Å²) in [6.45, 7) is 10.0. The number of hydrogen-bond donors (Lipinski definition) is 2. The van der Waals surface area contributed by atoms with E-state index in [1.54, 1.807) is 60.8 Å². The van der Waals surface area contributed by atoms with Crippen molar-refractivity contribution in [2.24, 2.45) is 11.8 Å². The highest BCUT2D eigenvalue weighted by atomic mass is 32.3. The van der Waals surface area contributed by atoms with Gasteiger partial charge in [-0.25, -0.2) is 21.6 Å². The Morgan fingerprint density at radius 1 is 0.923 bits per heavy atom. The van der Waals surface area contributed by atoms with E-state index in [4.69, 9.17) is 10.5 Å². The van der Waals surface area contributed by atoms with Gasteiger partial charge in [-0.3, -0.25) is 5.32 Å². The van der Waals surface area contributed by atoms with Crippen molar-refractivity contribution in [3.05, 3.63) is 23.3 Å². The maximum Gasteiger partial charge on any atom is 0.412 e. The summed E-state index contributed by atoms with van der Waals surface area (Å²) in [4.78, 5) is 11.8. The SMILES string of the molecule is Cc1cc(N)sc1S(=O)(=O)N(C)CC1CC1.Cc1cc(NC(=O)OC(C)(C)C)sc1S(=O)(=O)N(C)CC1CC1. The van der Waals surface area contributed by atoms with E-state index in [1.165, 1.54) is 8.61 Å². The minimum Gasteiger partial charge on any atom is -0.444 e. The molecule has 0 unspecified atom stereocenters. The zero-order valence-corrected chi connectivity index (χ0v) is 26.9. The lowest BCUT2D eigenvalue weighted by Gasteiger charge is -2.19. The van der Waals surface area contributed by atoms with Crippen molar-refractivity contribution in [2.75, 3.05) is 38.2 Å². The molecule has 2 fully saturated rings. The van der Waals surface area contributed by atoms with Gasteiger partial charge in [-0.2, -0.15) is 8.61 Å². The van der Waals surface area contributed by atoms with Crippen LogP contribution in [0.5, 0.6) is 0 Å². The maximum atomic E-state index is 12.6. The van der Waals surface area contributed by atoms with E-state index in [9.17, 15) is 21.6 Å². The van der Waals surface area contributed by atoms with Crippen LogP contribution in [-0.4, -0.2) is 64.3 Å². The quantitative estimate of drug-likeness (QED) is 0.397.